The van der Waals surface area contributed by atoms with Crippen molar-refractivity contribution in [3.05, 3.63) is 11.7 Å². The fraction of sp³-hybridized carbons (Fsp3) is 0.727. The lowest BCUT2D eigenvalue weighted by atomic mass is 10.1. The van der Waals surface area contributed by atoms with Crippen LogP contribution in [0.2, 0.25) is 0 Å². The number of nitrogens with zero attached hydrogens (tertiary/aromatic N) is 2. The van der Waals surface area contributed by atoms with Crippen molar-refractivity contribution in [1.29, 1.82) is 0 Å². The molecule has 0 aliphatic rings. The van der Waals surface area contributed by atoms with E-state index in [0.717, 1.165) is 12.8 Å². The van der Waals surface area contributed by atoms with E-state index in [0.29, 0.717) is 31.1 Å². The van der Waals surface area contributed by atoms with Crippen molar-refractivity contribution in [3.8, 4) is 0 Å². The first-order valence-corrected chi connectivity index (χ1v) is 5.89. The number of amides is 1. The molecule has 6 heteroatoms. The molecule has 3 N–H and O–H groups in total. The first-order valence-electron chi connectivity index (χ1n) is 5.89. The number of rotatable bonds is 7. The average molecular weight is 240 g/mol. The molecular weight excluding hydrogens is 220 g/mol. The van der Waals surface area contributed by atoms with Gasteiger partial charge in [-0.2, -0.15) is 4.98 Å². The molecular formula is C11H20N4O2. The van der Waals surface area contributed by atoms with Crippen LogP contribution in [0, 0.1) is 6.92 Å². The van der Waals surface area contributed by atoms with Crippen molar-refractivity contribution < 1.29 is 9.32 Å². The molecule has 96 valence electrons. The standard InChI is InChI=1S/C11H20N4O2/c1-8(12)4-3-5-10(16)13-7-6-11-14-9(2)15-17-11/h8H,3-7,12H2,1-2H3,(H,13,16). The van der Waals surface area contributed by atoms with E-state index < -0.39 is 0 Å². The largest absolute Gasteiger partial charge is 0.356 e. The summed E-state index contributed by atoms with van der Waals surface area (Å²) in [6.45, 7) is 4.23. The van der Waals surface area contributed by atoms with E-state index in [1.165, 1.54) is 0 Å². The van der Waals surface area contributed by atoms with Crippen LogP contribution >= 0.6 is 0 Å². The molecule has 0 spiro atoms. The van der Waals surface area contributed by atoms with Crippen LogP contribution in [0.4, 0.5) is 0 Å². The van der Waals surface area contributed by atoms with Crippen molar-refractivity contribution in [3.63, 3.8) is 0 Å². The fourth-order valence-electron chi connectivity index (χ4n) is 1.42. The van der Waals surface area contributed by atoms with Gasteiger partial charge in [-0.15, -0.1) is 0 Å². The highest BCUT2D eigenvalue weighted by Crippen LogP contribution is 1.99. The Kier molecular flexibility index (Phi) is 5.62. The van der Waals surface area contributed by atoms with Crippen LogP contribution in [0.3, 0.4) is 0 Å². The van der Waals surface area contributed by atoms with Crippen molar-refractivity contribution >= 4 is 5.91 Å². The van der Waals surface area contributed by atoms with Crippen LogP contribution in [0.15, 0.2) is 4.52 Å². The van der Waals surface area contributed by atoms with Gasteiger partial charge in [0.1, 0.15) is 0 Å². The highest BCUT2D eigenvalue weighted by Gasteiger charge is 2.05. The molecule has 1 atom stereocenters. The van der Waals surface area contributed by atoms with Gasteiger partial charge in [-0.3, -0.25) is 4.79 Å². The Morgan fingerprint density at radius 3 is 2.94 bits per heavy atom. The van der Waals surface area contributed by atoms with E-state index in [1.807, 2.05) is 6.92 Å². The van der Waals surface area contributed by atoms with E-state index in [-0.39, 0.29) is 11.9 Å². The number of nitrogens with two attached hydrogens (primary N) is 1. The lowest BCUT2D eigenvalue weighted by Gasteiger charge is -2.05. The smallest absolute Gasteiger partial charge is 0.228 e. The zero-order valence-corrected chi connectivity index (χ0v) is 10.4. The average Bonchev–Trinajstić information content (AvgIpc) is 2.63. The second-order valence-corrected chi connectivity index (χ2v) is 4.20. The Morgan fingerprint density at radius 2 is 2.35 bits per heavy atom. The lowest BCUT2D eigenvalue weighted by Crippen LogP contribution is -2.26. The zero-order chi connectivity index (χ0) is 12.7. The van der Waals surface area contributed by atoms with Gasteiger partial charge >= 0.3 is 0 Å². The summed E-state index contributed by atoms with van der Waals surface area (Å²) in [6, 6.07) is 0.157. The maximum atomic E-state index is 11.4. The number of carbonyl (C=O) groups excluding carboxylic acids is 1. The Morgan fingerprint density at radius 1 is 1.59 bits per heavy atom. The first kappa shape index (κ1) is 13.6. The van der Waals surface area contributed by atoms with Gasteiger partial charge in [-0.25, -0.2) is 0 Å². The highest BCUT2D eigenvalue weighted by atomic mass is 16.5. The molecule has 1 unspecified atom stereocenters. The predicted octanol–water partition coefficient (Wildman–Crippen LogP) is 0.554. The Labute approximate surface area is 101 Å². The normalized spacial score (nSPS) is 12.4. The summed E-state index contributed by atoms with van der Waals surface area (Å²) < 4.78 is 4.93. The minimum Gasteiger partial charge on any atom is -0.356 e. The van der Waals surface area contributed by atoms with Crippen LogP contribution in [-0.2, 0) is 11.2 Å². The minimum atomic E-state index is 0.0434. The maximum Gasteiger partial charge on any atom is 0.228 e. The molecule has 1 heterocycles. The van der Waals surface area contributed by atoms with Gasteiger partial charge in [-0.1, -0.05) is 5.16 Å². The van der Waals surface area contributed by atoms with Gasteiger partial charge in [-0.05, 0) is 26.7 Å². The summed E-state index contributed by atoms with van der Waals surface area (Å²) >= 11 is 0. The van der Waals surface area contributed by atoms with Crippen molar-refractivity contribution in [2.75, 3.05) is 6.54 Å². The maximum absolute atomic E-state index is 11.4. The number of hydrogen-bond acceptors (Lipinski definition) is 5. The number of hydrogen-bond donors (Lipinski definition) is 2. The van der Waals surface area contributed by atoms with Crippen LogP contribution in [-0.4, -0.2) is 28.6 Å². The quantitative estimate of drug-likeness (QED) is 0.726. The Balaban J connectivity index is 2.08. The summed E-state index contributed by atoms with van der Waals surface area (Å²) in [5.74, 6) is 1.21. The Hall–Kier alpha value is -1.43. The molecule has 0 saturated carbocycles. The molecule has 1 amide bonds. The van der Waals surface area contributed by atoms with Crippen LogP contribution in [0.1, 0.15) is 37.9 Å². The number of aryl methyl sites for hydroxylation is 1. The molecule has 0 fully saturated rings. The number of aromatic nitrogens is 2. The van der Waals surface area contributed by atoms with Crippen LogP contribution in [0.25, 0.3) is 0 Å². The highest BCUT2D eigenvalue weighted by molar-refractivity contribution is 5.75. The van der Waals surface area contributed by atoms with Crippen molar-refractivity contribution in [2.45, 2.75) is 45.6 Å². The summed E-state index contributed by atoms with van der Waals surface area (Å²) in [4.78, 5) is 15.4. The van der Waals surface area contributed by atoms with Gasteiger partial charge in [0, 0.05) is 25.4 Å². The topological polar surface area (TPSA) is 94.0 Å². The van der Waals surface area contributed by atoms with Gasteiger partial charge < -0.3 is 15.6 Å². The molecule has 0 aromatic carbocycles. The molecule has 17 heavy (non-hydrogen) atoms. The lowest BCUT2D eigenvalue weighted by molar-refractivity contribution is -0.121. The molecule has 1 aromatic heterocycles. The molecule has 0 radical (unpaired) electrons. The zero-order valence-electron chi connectivity index (χ0n) is 10.4. The number of carbonyl (C=O) groups is 1. The second kappa shape index (κ2) is 7.01. The monoisotopic (exact) mass is 240 g/mol. The summed E-state index contributed by atoms with van der Waals surface area (Å²) in [6.07, 6.45) is 2.78. The fourth-order valence-corrected chi connectivity index (χ4v) is 1.42. The van der Waals surface area contributed by atoms with Gasteiger partial charge in [0.25, 0.3) is 0 Å². The number of nitrogens with one attached hydrogen (secondary N) is 1. The molecule has 0 aliphatic carbocycles. The third-order valence-electron chi connectivity index (χ3n) is 2.29. The summed E-state index contributed by atoms with van der Waals surface area (Å²) in [7, 11) is 0. The first-order chi connectivity index (χ1) is 8.08. The molecule has 1 aromatic rings. The van der Waals surface area contributed by atoms with Gasteiger partial charge in [0.05, 0.1) is 0 Å². The van der Waals surface area contributed by atoms with Crippen LogP contribution in [0.5, 0.6) is 0 Å². The third kappa shape index (κ3) is 6.01. The molecule has 0 bridgehead atoms. The van der Waals surface area contributed by atoms with E-state index >= 15 is 0 Å². The third-order valence-corrected chi connectivity index (χ3v) is 2.29. The Bertz CT molecular complexity index is 349. The van der Waals surface area contributed by atoms with Crippen molar-refractivity contribution in [1.82, 2.24) is 15.5 Å². The van der Waals surface area contributed by atoms with Gasteiger partial charge in [0.15, 0.2) is 5.82 Å². The van der Waals surface area contributed by atoms with Gasteiger partial charge in [0.2, 0.25) is 11.8 Å². The molecule has 6 nitrogen and oxygen atoms in total. The van der Waals surface area contributed by atoms with E-state index in [9.17, 15) is 4.79 Å². The predicted molar refractivity (Wildman–Crippen MR) is 63.2 cm³/mol. The summed E-state index contributed by atoms with van der Waals surface area (Å²) in [5.41, 5.74) is 5.60. The molecule has 1 rings (SSSR count). The molecule has 0 aliphatic heterocycles. The van der Waals surface area contributed by atoms with E-state index in [1.54, 1.807) is 6.92 Å². The van der Waals surface area contributed by atoms with E-state index in [2.05, 4.69) is 15.5 Å². The van der Waals surface area contributed by atoms with E-state index in [4.69, 9.17) is 10.3 Å². The second-order valence-electron chi connectivity index (χ2n) is 4.20. The SMILES string of the molecule is Cc1noc(CCNC(=O)CCCC(C)N)n1. The minimum absolute atomic E-state index is 0.0434. The summed E-state index contributed by atoms with van der Waals surface area (Å²) in [5, 5.41) is 6.48. The van der Waals surface area contributed by atoms with Crippen LogP contribution < -0.4 is 11.1 Å². The van der Waals surface area contributed by atoms with Crippen molar-refractivity contribution in [2.24, 2.45) is 5.73 Å². The molecule has 0 saturated heterocycles.